The lowest BCUT2D eigenvalue weighted by Crippen LogP contribution is -2.56. The van der Waals surface area contributed by atoms with Crippen LogP contribution in [-0.2, 0) is 25.6 Å². The molecule has 198 valence electrons. The molecule has 0 aliphatic carbocycles. The predicted molar refractivity (Wildman–Crippen MR) is 141 cm³/mol. The van der Waals surface area contributed by atoms with Crippen molar-refractivity contribution in [3.8, 4) is 0 Å². The van der Waals surface area contributed by atoms with Gasteiger partial charge in [-0.2, -0.15) is 11.8 Å². The van der Waals surface area contributed by atoms with Crippen LogP contribution in [0.25, 0.3) is 0 Å². The number of hydrogen-bond acceptors (Lipinski definition) is 6. The van der Waals surface area contributed by atoms with Crippen LogP contribution in [0.3, 0.4) is 0 Å². The van der Waals surface area contributed by atoms with E-state index >= 15 is 0 Å². The number of carbonyl (C=O) groups is 4. The molecule has 9 nitrogen and oxygen atoms in total. The van der Waals surface area contributed by atoms with Gasteiger partial charge < -0.3 is 26.6 Å². The minimum Gasteiger partial charge on any atom is -0.368 e. The summed E-state index contributed by atoms with van der Waals surface area (Å²) in [7, 11) is 0. The van der Waals surface area contributed by atoms with E-state index in [4.69, 9.17) is 11.5 Å². The number of amides is 4. The van der Waals surface area contributed by atoms with E-state index in [9.17, 15) is 19.2 Å². The van der Waals surface area contributed by atoms with Crippen LogP contribution in [0.1, 0.15) is 38.7 Å². The number of fused-ring (bicyclic) bond motifs is 1. The Morgan fingerprint density at radius 3 is 2.50 bits per heavy atom. The summed E-state index contributed by atoms with van der Waals surface area (Å²) in [6.45, 7) is 4.85. The summed E-state index contributed by atoms with van der Waals surface area (Å²) in [6, 6.07) is 6.71. The molecule has 10 heteroatoms. The first-order valence-corrected chi connectivity index (χ1v) is 14.0. The van der Waals surface area contributed by atoms with Crippen molar-refractivity contribution in [2.75, 3.05) is 25.1 Å². The first-order valence-electron chi connectivity index (χ1n) is 12.6. The Morgan fingerprint density at radius 2 is 1.89 bits per heavy atom. The molecule has 1 aromatic carbocycles. The molecule has 0 aromatic heterocycles. The highest BCUT2D eigenvalue weighted by Crippen LogP contribution is 2.35. The van der Waals surface area contributed by atoms with Gasteiger partial charge in [0, 0.05) is 19.0 Å². The molecule has 5 N–H and O–H groups in total. The van der Waals surface area contributed by atoms with Gasteiger partial charge in [-0.15, -0.1) is 0 Å². The number of nitrogens with one attached hydrogen (secondary N) is 1. The van der Waals surface area contributed by atoms with Crippen LogP contribution >= 0.6 is 11.8 Å². The molecule has 0 saturated carbocycles. The molecule has 2 heterocycles. The number of nitrogens with zero attached hydrogens (tertiary/aromatic N) is 2. The van der Waals surface area contributed by atoms with Gasteiger partial charge in [0.2, 0.25) is 23.6 Å². The Labute approximate surface area is 217 Å². The van der Waals surface area contributed by atoms with Gasteiger partial charge in [0.05, 0.1) is 6.04 Å². The fourth-order valence-electron chi connectivity index (χ4n) is 5.20. The number of thioether (sulfide) groups is 1. The number of rotatable bonds is 12. The van der Waals surface area contributed by atoms with Crippen LogP contribution < -0.4 is 16.8 Å². The van der Waals surface area contributed by atoms with Crippen LogP contribution in [0.5, 0.6) is 0 Å². The fraction of sp³-hybridized carbons (Fsp3) is 0.615. The molecule has 2 aliphatic heterocycles. The topological polar surface area (TPSA) is 139 Å². The summed E-state index contributed by atoms with van der Waals surface area (Å²) in [5.41, 5.74) is 12.7. The number of hydrogen-bond donors (Lipinski definition) is 3. The van der Waals surface area contributed by atoms with Crippen LogP contribution in [0, 0.1) is 11.8 Å². The second kappa shape index (κ2) is 12.6. The maximum absolute atomic E-state index is 13.6. The quantitative estimate of drug-likeness (QED) is 0.374. The second-order valence-corrected chi connectivity index (χ2v) is 11.2. The summed E-state index contributed by atoms with van der Waals surface area (Å²) in [6.07, 6.45) is 3.88. The fourth-order valence-corrected chi connectivity index (χ4v) is 5.67. The highest BCUT2D eigenvalue weighted by atomic mass is 32.2. The minimum absolute atomic E-state index is 0.0451. The van der Waals surface area contributed by atoms with Gasteiger partial charge in [0.25, 0.3) is 0 Å². The van der Waals surface area contributed by atoms with Crippen molar-refractivity contribution in [3.05, 3.63) is 35.9 Å². The van der Waals surface area contributed by atoms with Gasteiger partial charge in [0.1, 0.15) is 18.1 Å². The molecule has 3 rings (SSSR count). The second-order valence-electron chi connectivity index (χ2n) is 10.2. The van der Waals surface area contributed by atoms with Gasteiger partial charge in [-0.1, -0.05) is 44.2 Å². The van der Waals surface area contributed by atoms with Crippen molar-refractivity contribution in [1.29, 1.82) is 0 Å². The Balaban J connectivity index is 1.73. The molecule has 36 heavy (non-hydrogen) atoms. The van der Waals surface area contributed by atoms with E-state index in [2.05, 4.69) is 5.32 Å². The highest BCUT2D eigenvalue weighted by molar-refractivity contribution is 7.98. The molecule has 1 aromatic rings. The number of carbonyl (C=O) groups excluding carboxylic acids is 4. The van der Waals surface area contributed by atoms with Crippen molar-refractivity contribution in [2.24, 2.45) is 23.3 Å². The normalized spacial score (nSPS) is 21.9. The number of nitrogens with two attached hydrogens (primary N) is 2. The van der Waals surface area contributed by atoms with Crippen molar-refractivity contribution in [3.63, 3.8) is 0 Å². The first kappa shape index (κ1) is 28.0. The molecule has 0 spiro atoms. The number of primary amides is 1. The van der Waals surface area contributed by atoms with E-state index in [0.717, 1.165) is 5.56 Å². The molecule has 4 amide bonds. The summed E-state index contributed by atoms with van der Waals surface area (Å²) >= 11 is 1.56. The smallest absolute Gasteiger partial charge is 0.246 e. The lowest BCUT2D eigenvalue weighted by molar-refractivity contribution is -0.145. The monoisotopic (exact) mass is 517 g/mol. The van der Waals surface area contributed by atoms with Gasteiger partial charge in [-0.25, -0.2) is 0 Å². The zero-order valence-corrected chi connectivity index (χ0v) is 22.2. The van der Waals surface area contributed by atoms with E-state index in [-0.39, 0.29) is 29.6 Å². The van der Waals surface area contributed by atoms with E-state index in [1.54, 1.807) is 21.6 Å². The summed E-state index contributed by atoms with van der Waals surface area (Å²) in [5, 5.41) is 2.78. The Kier molecular flexibility index (Phi) is 9.78. The zero-order chi connectivity index (χ0) is 26.4. The highest BCUT2D eigenvalue weighted by Gasteiger charge is 2.52. The average molecular weight is 518 g/mol. The van der Waals surface area contributed by atoms with Gasteiger partial charge >= 0.3 is 0 Å². The lowest BCUT2D eigenvalue weighted by atomic mass is 10.0. The third-order valence-corrected chi connectivity index (χ3v) is 7.68. The summed E-state index contributed by atoms with van der Waals surface area (Å²) in [4.78, 5) is 55.3. The summed E-state index contributed by atoms with van der Waals surface area (Å²) in [5.74, 6) is -0.651. The maximum Gasteiger partial charge on any atom is 0.246 e. The van der Waals surface area contributed by atoms with Gasteiger partial charge in [-0.3, -0.25) is 19.2 Å². The predicted octanol–water partition coefficient (Wildman–Crippen LogP) is 0.754. The molecule has 2 saturated heterocycles. The SMILES string of the molecule is CSCC[C@H](NC(=O)[C@@H](CC(C)C)N1C[C@H]2CCN(C(=O)[C@@H](N)Cc3ccccc3)[C@H]2C1=O)C(N)=O. The van der Waals surface area contributed by atoms with Gasteiger partial charge in [-0.05, 0) is 49.2 Å². The number of benzene rings is 1. The molecule has 5 atom stereocenters. The molecule has 0 bridgehead atoms. The van der Waals surface area contributed by atoms with Gasteiger partial charge in [0.15, 0.2) is 0 Å². The standard InChI is InChI=1S/C26H39N5O4S/c1-16(2)13-21(24(33)29-20(23(28)32)10-12-36-3)31-15-18-9-11-30(22(18)26(31)35)25(34)19(27)14-17-7-5-4-6-8-17/h4-8,16,18-22H,9-15,27H2,1-3H3,(H2,28,32)(H,29,33)/t18-,19+,20+,21-,22-/m1/s1. The Hall–Kier alpha value is -2.59. The Morgan fingerprint density at radius 1 is 1.19 bits per heavy atom. The van der Waals surface area contributed by atoms with E-state index in [1.807, 2.05) is 50.4 Å². The largest absolute Gasteiger partial charge is 0.368 e. The summed E-state index contributed by atoms with van der Waals surface area (Å²) < 4.78 is 0. The molecule has 2 fully saturated rings. The third kappa shape index (κ3) is 6.59. The van der Waals surface area contributed by atoms with Crippen molar-refractivity contribution < 1.29 is 19.2 Å². The molecule has 0 radical (unpaired) electrons. The third-order valence-electron chi connectivity index (χ3n) is 7.03. The lowest BCUT2D eigenvalue weighted by Gasteiger charge is -2.32. The van der Waals surface area contributed by atoms with E-state index in [0.29, 0.717) is 44.5 Å². The first-order chi connectivity index (χ1) is 17.1. The van der Waals surface area contributed by atoms with Crippen LogP contribution in [-0.4, -0.2) is 82.7 Å². The van der Waals surface area contributed by atoms with Crippen LogP contribution in [0.4, 0.5) is 0 Å². The number of likely N-dealkylation sites (tertiary alicyclic amines) is 2. The van der Waals surface area contributed by atoms with Crippen molar-refractivity contribution in [1.82, 2.24) is 15.1 Å². The van der Waals surface area contributed by atoms with Crippen molar-refractivity contribution >= 4 is 35.4 Å². The van der Waals surface area contributed by atoms with Crippen LogP contribution in [0.15, 0.2) is 30.3 Å². The molecular formula is C26H39N5O4S. The maximum atomic E-state index is 13.6. The van der Waals surface area contributed by atoms with E-state index < -0.39 is 30.1 Å². The zero-order valence-electron chi connectivity index (χ0n) is 21.4. The van der Waals surface area contributed by atoms with Crippen LogP contribution in [0.2, 0.25) is 0 Å². The average Bonchev–Trinajstić information content (AvgIpc) is 3.40. The van der Waals surface area contributed by atoms with E-state index in [1.165, 1.54) is 0 Å². The minimum atomic E-state index is -0.786. The molecular weight excluding hydrogens is 478 g/mol. The molecule has 0 unspecified atom stereocenters. The molecule has 2 aliphatic rings. The Bertz CT molecular complexity index is 944. The van der Waals surface area contributed by atoms with Crippen molar-refractivity contribution in [2.45, 2.75) is 63.7 Å².